The second kappa shape index (κ2) is 8.66. The third kappa shape index (κ3) is 4.94. The Morgan fingerprint density at radius 1 is 1.38 bits per heavy atom. The molecule has 1 heterocycles. The fraction of sp³-hybridized carbons (Fsp3) is 0.611. The maximum atomic E-state index is 12.2. The number of ether oxygens (including phenoxy) is 1. The third-order valence-corrected chi connectivity index (χ3v) is 4.11. The van der Waals surface area contributed by atoms with Gasteiger partial charge in [-0.05, 0) is 39.0 Å². The number of hydrogen-bond donors (Lipinski definition) is 1. The van der Waals surface area contributed by atoms with E-state index in [0.717, 1.165) is 19.3 Å². The van der Waals surface area contributed by atoms with Crippen molar-refractivity contribution in [2.75, 3.05) is 13.2 Å². The van der Waals surface area contributed by atoms with E-state index in [0.29, 0.717) is 23.6 Å². The summed E-state index contributed by atoms with van der Waals surface area (Å²) >= 11 is 0. The monoisotopic (exact) mass is 334 g/mol. The number of amides is 1. The van der Waals surface area contributed by atoms with Crippen LogP contribution in [0.3, 0.4) is 0 Å². The molecule has 1 aliphatic carbocycles. The van der Waals surface area contributed by atoms with Crippen LogP contribution in [0.15, 0.2) is 16.2 Å². The summed E-state index contributed by atoms with van der Waals surface area (Å²) in [4.78, 5) is 24.0. The van der Waals surface area contributed by atoms with Gasteiger partial charge in [-0.2, -0.15) is 0 Å². The first-order valence-electron chi connectivity index (χ1n) is 8.57. The van der Waals surface area contributed by atoms with Gasteiger partial charge in [0, 0.05) is 12.5 Å². The fourth-order valence-corrected chi connectivity index (χ4v) is 2.78. The van der Waals surface area contributed by atoms with Gasteiger partial charge in [-0.3, -0.25) is 4.79 Å². The normalized spacial score (nSPS) is 14.4. The van der Waals surface area contributed by atoms with Gasteiger partial charge >= 0.3 is 5.97 Å². The maximum Gasteiger partial charge on any atom is 0.344 e. The Morgan fingerprint density at radius 2 is 2.17 bits per heavy atom. The van der Waals surface area contributed by atoms with Crippen molar-refractivity contribution in [2.24, 2.45) is 0 Å². The van der Waals surface area contributed by atoms with Crippen molar-refractivity contribution in [3.8, 4) is 0 Å². The van der Waals surface area contributed by atoms with Crippen molar-refractivity contribution >= 4 is 11.9 Å². The van der Waals surface area contributed by atoms with Gasteiger partial charge in [-0.15, -0.1) is 0 Å². The van der Waals surface area contributed by atoms with E-state index in [4.69, 9.17) is 9.26 Å². The molecular formula is C18H26N2O4. The van der Waals surface area contributed by atoms with E-state index in [1.165, 1.54) is 18.4 Å². The van der Waals surface area contributed by atoms with Gasteiger partial charge in [-0.25, -0.2) is 4.79 Å². The predicted molar refractivity (Wildman–Crippen MR) is 89.8 cm³/mol. The second-order valence-electron chi connectivity index (χ2n) is 6.45. The molecule has 0 atom stereocenters. The van der Waals surface area contributed by atoms with Crippen LogP contribution in [0.1, 0.15) is 73.7 Å². The zero-order valence-corrected chi connectivity index (χ0v) is 14.7. The highest BCUT2D eigenvalue weighted by molar-refractivity contribution is 5.93. The molecule has 0 unspecified atom stereocenters. The van der Waals surface area contributed by atoms with Gasteiger partial charge in [0.05, 0.1) is 5.69 Å². The van der Waals surface area contributed by atoms with Crippen LogP contribution >= 0.6 is 0 Å². The van der Waals surface area contributed by atoms with Gasteiger partial charge in [0.2, 0.25) is 0 Å². The lowest BCUT2D eigenvalue weighted by Crippen LogP contribution is -2.30. The van der Waals surface area contributed by atoms with Crippen LogP contribution in [0.4, 0.5) is 0 Å². The minimum Gasteiger partial charge on any atom is -0.452 e. The molecule has 24 heavy (non-hydrogen) atoms. The van der Waals surface area contributed by atoms with Gasteiger partial charge in [-0.1, -0.05) is 30.7 Å². The number of nitrogens with one attached hydrogen (secondary N) is 1. The molecule has 0 radical (unpaired) electrons. The largest absolute Gasteiger partial charge is 0.452 e. The van der Waals surface area contributed by atoms with E-state index in [2.05, 4.69) is 16.5 Å². The third-order valence-electron chi connectivity index (χ3n) is 4.11. The summed E-state index contributed by atoms with van der Waals surface area (Å²) < 4.78 is 10.3. The first kappa shape index (κ1) is 18.2. The highest BCUT2D eigenvalue weighted by atomic mass is 16.5. The van der Waals surface area contributed by atoms with Crippen LogP contribution in [0.25, 0.3) is 0 Å². The molecule has 0 bridgehead atoms. The number of aromatic nitrogens is 1. The molecule has 0 saturated carbocycles. The first-order valence-corrected chi connectivity index (χ1v) is 8.57. The van der Waals surface area contributed by atoms with Crippen LogP contribution in [0, 0.1) is 6.92 Å². The molecule has 0 aromatic carbocycles. The molecule has 0 spiro atoms. The lowest BCUT2D eigenvalue weighted by atomic mass is 9.97. The van der Waals surface area contributed by atoms with Crippen LogP contribution < -0.4 is 5.32 Å². The van der Waals surface area contributed by atoms with Gasteiger partial charge in [0.15, 0.2) is 12.4 Å². The summed E-state index contributed by atoms with van der Waals surface area (Å²) in [7, 11) is 0. The summed E-state index contributed by atoms with van der Waals surface area (Å²) in [5.74, 6) is -0.351. The first-order chi connectivity index (χ1) is 11.5. The number of carbonyl (C=O) groups excluding carboxylic acids is 2. The number of aryl methyl sites for hydroxylation is 1. The lowest BCUT2D eigenvalue weighted by Gasteiger charge is -2.13. The Labute approximate surface area is 142 Å². The average Bonchev–Trinajstić information content (AvgIpc) is 2.95. The minimum atomic E-state index is -0.567. The zero-order valence-electron chi connectivity index (χ0n) is 14.7. The summed E-state index contributed by atoms with van der Waals surface area (Å²) in [6.45, 7) is 5.78. The van der Waals surface area contributed by atoms with Gasteiger partial charge < -0.3 is 14.6 Å². The van der Waals surface area contributed by atoms with E-state index in [9.17, 15) is 9.59 Å². The Morgan fingerprint density at radius 3 is 2.83 bits per heavy atom. The topological polar surface area (TPSA) is 81.4 Å². The summed E-state index contributed by atoms with van der Waals surface area (Å²) in [6, 6.07) is 0. The van der Waals surface area contributed by atoms with Gasteiger partial charge in [0.1, 0.15) is 5.56 Å². The molecular weight excluding hydrogens is 308 g/mol. The molecule has 6 heteroatoms. The van der Waals surface area contributed by atoms with E-state index in [1.807, 2.05) is 13.8 Å². The number of rotatable bonds is 7. The summed E-state index contributed by atoms with van der Waals surface area (Å²) in [5.41, 5.74) is 2.21. The van der Waals surface area contributed by atoms with Crippen LogP contribution in [0.2, 0.25) is 0 Å². The van der Waals surface area contributed by atoms with Crippen LogP contribution in [-0.4, -0.2) is 30.2 Å². The molecule has 0 aliphatic heterocycles. The fourth-order valence-electron chi connectivity index (χ4n) is 2.78. The van der Waals surface area contributed by atoms with Crippen molar-refractivity contribution in [1.29, 1.82) is 0 Å². The number of esters is 1. The van der Waals surface area contributed by atoms with Gasteiger partial charge in [0.25, 0.3) is 5.91 Å². The van der Waals surface area contributed by atoms with Crippen molar-refractivity contribution < 1.29 is 18.8 Å². The zero-order chi connectivity index (χ0) is 17.5. The number of hydrogen-bond acceptors (Lipinski definition) is 5. The minimum absolute atomic E-state index is 0.0198. The van der Waals surface area contributed by atoms with Crippen molar-refractivity contribution in [2.45, 2.75) is 58.8 Å². The second-order valence-corrected chi connectivity index (χ2v) is 6.45. The lowest BCUT2D eigenvalue weighted by molar-refractivity contribution is -0.124. The maximum absolute atomic E-state index is 12.2. The Bertz CT molecular complexity index is 617. The van der Waals surface area contributed by atoms with E-state index in [-0.39, 0.29) is 18.4 Å². The molecule has 1 aliphatic rings. The van der Waals surface area contributed by atoms with Crippen molar-refractivity contribution in [1.82, 2.24) is 10.5 Å². The molecule has 0 fully saturated rings. The molecule has 1 amide bonds. The average molecular weight is 334 g/mol. The number of carbonyl (C=O) groups is 2. The number of allylic oxidation sites excluding steroid dienone is 1. The van der Waals surface area contributed by atoms with Crippen molar-refractivity contribution in [3.05, 3.63) is 28.7 Å². The molecule has 1 aromatic heterocycles. The SMILES string of the molecule is Cc1noc(C(C)C)c1C(=O)OCC(=O)NCCC1=CCCCC1. The predicted octanol–water partition coefficient (Wildman–Crippen LogP) is 3.27. The standard InChI is InChI=1S/C18H26N2O4/c1-12(2)17-16(13(3)20-24-17)18(22)23-11-15(21)19-10-9-14-7-5-4-6-8-14/h7,12H,4-6,8-11H2,1-3H3,(H,19,21). The smallest absolute Gasteiger partial charge is 0.344 e. The van der Waals surface area contributed by atoms with E-state index in [1.54, 1.807) is 6.92 Å². The summed E-state index contributed by atoms with van der Waals surface area (Å²) in [5, 5.41) is 6.59. The highest BCUT2D eigenvalue weighted by Crippen LogP contribution is 2.23. The molecule has 0 saturated heterocycles. The highest BCUT2D eigenvalue weighted by Gasteiger charge is 2.24. The van der Waals surface area contributed by atoms with E-state index >= 15 is 0 Å². The molecule has 1 N–H and O–H groups in total. The van der Waals surface area contributed by atoms with Crippen molar-refractivity contribution in [3.63, 3.8) is 0 Å². The Hall–Kier alpha value is -2.11. The Balaban J connectivity index is 1.76. The van der Waals surface area contributed by atoms with E-state index < -0.39 is 5.97 Å². The molecule has 2 rings (SSSR count). The molecule has 132 valence electrons. The molecule has 1 aromatic rings. The Kier molecular flexibility index (Phi) is 6.58. The summed E-state index contributed by atoms with van der Waals surface area (Å²) in [6.07, 6.45) is 7.87. The molecule has 6 nitrogen and oxygen atoms in total. The van der Waals surface area contributed by atoms with Crippen LogP contribution in [-0.2, 0) is 9.53 Å². The quantitative estimate of drug-likeness (QED) is 0.611. The number of nitrogens with zero attached hydrogens (tertiary/aromatic N) is 1. The van der Waals surface area contributed by atoms with Crippen LogP contribution in [0.5, 0.6) is 0 Å².